The molecule has 2 atom stereocenters. The van der Waals surface area contributed by atoms with Crippen molar-refractivity contribution in [2.24, 2.45) is 5.73 Å². The molecule has 10 nitrogen and oxygen atoms in total. The molecule has 1 unspecified atom stereocenters. The van der Waals surface area contributed by atoms with Gasteiger partial charge in [-0.3, -0.25) is 19.4 Å². The number of alkyl halides is 3. The van der Waals surface area contributed by atoms with Gasteiger partial charge in [0, 0.05) is 35.2 Å². The van der Waals surface area contributed by atoms with Gasteiger partial charge in [-0.2, -0.15) is 13.2 Å². The second-order valence-corrected chi connectivity index (χ2v) is 10.5. The molecule has 0 radical (unpaired) electrons. The number of fused-ring (bicyclic) bond motifs is 2. The van der Waals surface area contributed by atoms with Crippen LogP contribution in [0.2, 0.25) is 0 Å². The molecule has 3 heterocycles. The van der Waals surface area contributed by atoms with E-state index in [0.717, 1.165) is 18.2 Å². The molecule has 0 saturated heterocycles. The Labute approximate surface area is 247 Å². The van der Waals surface area contributed by atoms with Crippen LogP contribution in [0.1, 0.15) is 35.5 Å². The highest BCUT2D eigenvalue weighted by Crippen LogP contribution is 2.47. The van der Waals surface area contributed by atoms with Crippen LogP contribution >= 0.6 is 0 Å². The van der Waals surface area contributed by atoms with Gasteiger partial charge in [-0.05, 0) is 55.5 Å². The smallest absolute Gasteiger partial charge is 0.424 e. The van der Waals surface area contributed by atoms with Crippen molar-refractivity contribution in [3.63, 3.8) is 0 Å². The zero-order valence-corrected chi connectivity index (χ0v) is 23.3. The molecule has 5 N–H and O–H groups in total. The second kappa shape index (κ2) is 10.9. The molecule has 0 bridgehead atoms. The molecule has 2 aromatic heterocycles. The summed E-state index contributed by atoms with van der Waals surface area (Å²) in [6, 6.07) is 11.3. The van der Waals surface area contributed by atoms with Crippen molar-refractivity contribution < 1.29 is 41.8 Å². The van der Waals surface area contributed by atoms with Crippen LogP contribution in [0.25, 0.3) is 22.2 Å². The summed E-state index contributed by atoms with van der Waals surface area (Å²) in [5.41, 5.74) is -0.469. The van der Waals surface area contributed by atoms with Gasteiger partial charge in [-0.1, -0.05) is 6.07 Å². The number of carbonyl (C=O) groups excluding carboxylic acids is 3. The molecule has 0 aliphatic carbocycles. The van der Waals surface area contributed by atoms with Crippen LogP contribution < -0.4 is 21.1 Å². The number of hydrogen-bond donors (Lipinski definition) is 4. The summed E-state index contributed by atoms with van der Waals surface area (Å²) in [6.07, 6.45) is -3.92. The van der Waals surface area contributed by atoms with Crippen LogP contribution in [0.5, 0.6) is 5.75 Å². The Hall–Kier alpha value is -5.11. The minimum Gasteiger partial charge on any atom is -0.489 e. The first-order valence-corrected chi connectivity index (χ1v) is 13.1. The van der Waals surface area contributed by atoms with E-state index in [1.54, 1.807) is 12.1 Å². The number of nitrogens with zero attached hydrogens (tertiary/aromatic N) is 2. The van der Waals surface area contributed by atoms with E-state index in [1.807, 2.05) is 0 Å². The number of hydrogen-bond acceptors (Lipinski definition) is 7. The average molecular weight is 612 g/mol. The molecule has 228 valence electrons. The number of ether oxygens (including phenoxy) is 1. The van der Waals surface area contributed by atoms with Crippen molar-refractivity contribution in [3.8, 4) is 17.0 Å². The van der Waals surface area contributed by atoms with E-state index in [-0.39, 0.29) is 40.4 Å². The predicted molar refractivity (Wildman–Crippen MR) is 150 cm³/mol. The monoisotopic (exact) mass is 611 g/mol. The topological polar surface area (TPSA) is 157 Å². The number of carbonyl (C=O) groups is 3. The molecular weight excluding hydrogens is 586 g/mol. The summed E-state index contributed by atoms with van der Waals surface area (Å²) < 4.78 is 63.3. The zero-order chi connectivity index (χ0) is 32.0. The summed E-state index contributed by atoms with van der Waals surface area (Å²) in [7, 11) is 0. The van der Waals surface area contributed by atoms with E-state index in [1.165, 1.54) is 44.3 Å². The lowest BCUT2D eigenvalue weighted by Crippen LogP contribution is -2.51. The van der Waals surface area contributed by atoms with Crippen molar-refractivity contribution >= 4 is 34.3 Å². The van der Waals surface area contributed by atoms with E-state index < -0.39 is 53.0 Å². The third kappa shape index (κ3) is 5.28. The first-order valence-electron chi connectivity index (χ1n) is 13.1. The fraction of sp³-hybridized carbons (Fsp3) is 0.233. The summed E-state index contributed by atoms with van der Waals surface area (Å²) in [6.45, 7) is 0.905. The number of halogens is 4. The van der Waals surface area contributed by atoms with Gasteiger partial charge < -0.3 is 26.2 Å². The Morgan fingerprint density at radius 3 is 2.45 bits per heavy atom. The summed E-state index contributed by atoms with van der Waals surface area (Å²) in [5.74, 6) is -3.04. The predicted octanol–water partition coefficient (Wildman–Crippen LogP) is 3.71. The van der Waals surface area contributed by atoms with E-state index in [0.29, 0.717) is 10.9 Å². The number of aliphatic hydroxyl groups is 1. The number of amides is 3. The van der Waals surface area contributed by atoms with Crippen LogP contribution in [0, 0.1) is 5.82 Å². The number of nitrogens with one attached hydrogen (secondary N) is 2. The number of rotatable bonds is 7. The molecule has 3 amide bonds. The third-order valence-corrected chi connectivity index (χ3v) is 7.41. The summed E-state index contributed by atoms with van der Waals surface area (Å²) in [4.78, 5) is 45.5. The van der Waals surface area contributed by atoms with Gasteiger partial charge in [-0.25, -0.2) is 9.37 Å². The molecule has 0 saturated carbocycles. The lowest BCUT2D eigenvalue weighted by atomic mass is 9.81. The van der Waals surface area contributed by atoms with Gasteiger partial charge >= 0.3 is 6.18 Å². The number of aromatic nitrogens is 2. The van der Waals surface area contributed by atoms with E-state index in [4.69, 9.17) is 10.5 Å². The maximum Gasteiger partial charge on any atom is 0.424 e. The molecule has 1 aliphatic heterocycles. The molecule has 0 spiro atoms. The Morgan fingerprint density at radius 2 is 1.82 bits per heavy atom. The SMILES string of the molecule is CC(=O)Nc1cc(C(=O)NCC(O)(c2cc3c(c(-c4ccc(F)cc4)n2)OC[C@]3(C)C(N)=O)C(F)(F)F)cc2cccnc12. The maximum atomic E-state index is 14.7. The summed E-state index contributed by atoms with van der Waals surface area (Å²) in [5, 5.41) is 16.3. The Bertz CT molecular complexity index is 1810. The first kappa shape index (κ1) is 30.4. The molecule has 14 heteroatoms. The van der Waals surface area contributed by atoms with E-state index >= 15 is 0 Å². The molecule has 1 aliphatic rings. The molecule has 5 rings (SSSR count). The van der Waals surface area contributed by atoms with Crippen molar-refractivity contribution in [1.82, 2.24) is 15.3 Å². The number of benzene rings is 2. The largest absolute Gasteiger partial charge is 0.489 e. The summed E-state index contributed by atoms with van der Waals surface area (Å²) >= 11 is 0. The lowest BCUT2D eigenvalue weighted by Gasteiger charge is -2.31. The lowest BCUT2D eigenvalue weighted by molar-refractivity contribution is -0.265. The number of anilines is 1. The Balaban J connectivity index is 1.58. The molecule has 0 fully saturated rings. The quantitative estimate of drug-likeness (QED) is 0.232. The number of nitrogens with two attached hydrogens (primary N) is 1. The molecular formula is C30H25F4N5O5. The van der Waals surface area contributed by atoms with Crippen LogP contribution in [0.3, 0.4) is 0 Å². The standard InChI is InChI=1S/C30H25F4N5O5/c1-15(40)38-21-11-18(10-17-4-3-9-36-23(17)21)26(41)37-13-29(43,30(32,33)34)22-12-20-25(44-14-28(20,2)27(35)42)24(39-22)16-5-7-19(31)8-6-16/h3-12,43H,13-14H2,1-2H3,(H2,35,42)(H,37,41)(H,38,40)/t28-,29?/m0/s1. The molecule has 4 aromatic rings. The normalized spacial score (nSPS) is 17.3. The van der Waals surface area contributed by atoms with Gasteiger partial charge in [-0.15, -0.1) is 0 Å². The minimum atomic E-state index is -5.39. The second-order valence-electron chi connectivity index (χ2n) is 10.5. The molecule has 44 heavy (non-hydrogen) atoms. The Kier molecular flexibility index (Phi) is 7.49. The van der Waals surface area contributed by atoms with Crippen LogP contribution in [0.15, 0.2) is 60.8 Å². The van der Waals surface area contributed by atoms with Crippen LogP contribution in [0.4, 0.5) is 23.2 Å². The average Bonchev–Trinajstić information content (AvgIpc) is 3.32. The van der Waals surface area contributed by atoms with E-state index in [2.05, 4.69) is 20.6 Å². The van der Waals surface area contributed by atoms with Crippen LogP contribution in [-0.2, 0) is 20.6 Å². The van der Waals surface area contributed by atoms with Crippen molar-refractivity contribution in [2.45, 2.75) is 31.0 Å². The van der Waals surface area contributed by atoms with Crippen molar-refractivity contribution in [3.05, 3.63) is 83.4 Å². The fourth-order valence-electron chi connectivity index (χ4n) is 4.86. The first-order chi connectivity index (χ1) is 20.6. The van der Waals surface area contributed by atoms with Gasteiger partial charge in [0.2, 0.25) is 17.4 Å². The molecule has 2 aromatic carbocycles. The highest BCUT2D eigenvalue weighted by Gasteiger charge is 2.57. The van der Waals surface area contributed by atoms with Gasteiger partial charge in [0.05, 0.1) is 23.4 Å². The van der Waals surface area contributed by atoms with Gasteiger partial charge in [0.25, 0.3) is 5.91 Å². The third-order valence-electron chi connectivity index (χ3n) is 7.41. The Morgan fingerprint density at radius 1 is 1.11 bits per heavy atom. The van der Waals surface area contributed by atoms with Gasteiger partial charge in [0.1, 0.15) is 29.3 Å². The van der Waals surface area contributed by atoms with Gasteiger partial charge in [0.15, 0.2) is 0 Å². The van der Waals surface area contributed by atoms with Crippen molar-refractivity contribution in [1.29, 1.82) is 0 Å². The highest BCUT2D eigenvalue weighted by molar-refractivity contribution is 6.05. The maximum absolute atomic E-state index is 14.7. The number of pyridine rings is 2. The van der Waals surface area contributed by atoms with E-state index in [9.17, 15) is 37.1 Å². The van der Waals surface area contributed by atoms with Crippen molar-refractivity contribution in [2.75, 3.05) is 18.5 Å². The number of primary amides is 1. The minimum absolute atomic E-state index is 0.0505. The highest BCUT2D eigenvalue weighted by atomic mass is 19.4. The zero-order valence-electron chi connectivity index (χ0n) is 23.3. The van der Waals surface area contributed by atoms with Crippen LogP contribution in [-0.4, -0.2) is 52.1 Å². The fourth-order valence-corrected chi connectivity index (χ4v) is 4.86.